The Morgan fingerprint density at radius 2 is 2.00 bits per heavy atom. The summed E-state index contributed by atoms with van der Waals surface area (Å²) in [6, 6.07) is 1.86. The van der Waals surface area contributed by atoms with E-state index in [1.807, 2.05) is 0 Å². The molecule has 1 aliphatic rings. The quantitative estimate of drug-likeness (QED) is 0.922. The molecule has 1 unspecified atom stereocenters. The number of hydrogen-bond donors (Lipinski definition) is 1. The molecule has 6 heteroatoms. The van der Waals surface area contributed by atoms with Crippen molar-refractivity contribution in [2.75, 3.05) is 11.9 Å². The molecule has 1 N–H and O–H groups in total. The molecule has 1 heterocycles. The van der Waals surface area contributed by atoms with E-state index in [1.54, 1.807) is 20.8 Å². The van der Waals surface area contributed by atoms with Gasteiger partial charge >= 0.3 is 0 Å². The number of ether oxygens (including phenoxy) is 2. The summed E-state index contributed by atoms with van der Waals surface area (Å²) in [6.07, 6.45) is 1.99. The molecule has 1 saturated heterocycles. The predicted octanol–water partition coefficient (Wildman–Crippen LogP) is 3.85. The summed E-state index contributed by atoms with van der Waals surface area (Å²) in [5.74, 6) is -2.15. The molecule has 0 radical (unpaired) electrons. The number of carbonyl (C=O) groups is 1. The van der Waals surface area contributed by atoms with Crippen molar-refractivity contribution in [2.45, 2.75) is 46.3 Å². The second kappa shape index (κ2) is 6.60. The van der Waals surface area contributed by atoms with Gasteiger partial charge in [-0.25, -0.2) is 8.78 Å². The van der Waals surface area contributed by atoms with Gasteiger partial charge in [0.05, 0.1) is 12.3 Å². The minimum Gasteiger partial charge on any atom is -0.462 e. The Morgan fingerprint density at radius 1 is 1.27 bits per heavy atom. The fourth-order valence-electron chi connectivity index (χ4n) is 1.97. The van der Waals surface area contributed by atoms with Crippen molar-refractivity contribution in [3.63, 3.8) is 0 Å². The highest BCUT2D eigenvalue weighted by atomic mass is 19.1. The second-order valence-electron chi connectivity index (χ2n) is 6.38. The number of nitrogens with one attached hydrogen (secondary N) is 1. The van der Waals surface area contributed by atoms with E-state index in [2.05, 4.69) is 5.32 Å². The average molecular weight is 313 g/mol. The molecule has 1 atom stereocenters. The van der Waals surface area contributed by atoms with E-state index in [1.165, 1.54) is 0 Å². The second-order valence-corrected chi connectivity index (χ2v) is 6.38. The lowest BCUT2D eigenvalue weighted by molar-refractivity contribution is -0.123. The van der Waals surface area contributed by atoms with E-state index in [4.69, 9.17) is 9.47 Å². The van der Waals surface area contributed by atoms with E-state index in [0.717, 1.165) is 18.9 Å². The number of benzene rings is 1. The average Bonchev–Trinajstić information content (AvgIpc) is 2.44. The maximum absolute atomic E-state index is 13.8. The largest absolute Gasteiger partial charge is 0.462 e. The molecular formula is C16H21F2NO3. The lowest BCUT2D eigenvalue weighted by Crippen LogP contribution is -2.28. The van der Waals surface area contributed by atoms with Crippen molar-refractivity contribution in [3.05, 3.63) is 23.8 Å². The van der Waals surface area contributed by atoms with Crippen LogP contribution in [0.25, 0.3) is 0 Å². The fraction of sp³-hybridized carbons (Fsp3) is 0.562. The molecule has 0 spiro atoms. The number of amides is 1. The molecule has 1 aliphatic heterocycles. The molecule has 1 fully saturated rings. The molecule has 122 valence electrons. The van der Waals surface area contributed by atoms with Crippen LogP contribution in [0.3, 0.4) is 0 Å². The molecule has 1 amide bonds. The van der Waals surface area contributed by atoms with Gasteiger partial charge in [-0.3, -0.25) is 4.79 Å². The minimum absolute atomic E-state index is 0.105. The monoisotopic (exact) mass is 313 g/mol. The van der Waals surface area contributed by atoms with Gasteiger partial charge in [0, 0.05) is 24.0 Å². The predicted molar refractivity (Wildman–Crippen MR) is 78.7 cm³/mol. The Labute approximate surface area is 128 Å². The highest BCUT2D eigenvalue weighted by Crippen LogP contribution is 2.29. The summed E-state index contributed by atoms with van der Waals surface area (Å²) in [7, 11) is 0. The summed E-state index contributed by atoms with van der Waals surface area (Å²) >= 11 is 0. The van der Waals surface area contributed by atoms with Gasteiger partial charge < -0.3 is 14.8 Å². The van der Waals surface area contributed by atoms with Crippen LogP contribution in [0, 0.1) is 17.0 Å². The van der Waals surface area contributed by atoms with E-state index < -0.39 is 23.3 Å². The van der Waals surface area contributed by atoms with Crippen LogP contribution < -0.4 is 10.1 Å². The lowest BCUT2D eigenvalue weighted by Gasteiger charge is -2.24. The first-order valence-corrected chi connectivity index (χ1v) is 7.36. The van der Waals surface area contributed by atoms with Crippen LogP contribution in [0.4, 0.5) is 14.5 Å². The molecule has 2 rings (SSSR count). The molecule has 0 aliphatic carbocycles. The van der Waals surface area contributed by atoms with Crippen LogP contribution in [0.15, 0.2) is 12.1 Å². The summed E-state index contributed by atoms with van der Waals surface area (Å²) in [4.78, 5) is 11.9. The number of carbonyl (C=O) groups excluding carboxylic acids is 1. The Morgan fingerprint density at radius 3 is 2.59 bits per heavy atom. The van der Waals surface area contributed by atoms with Crippen molar-refractivity contribution in [2.24, 2.45) is 5.41 Å². The molecule has 22 heavy (non-hydrogen) atoms. The number of anilines is 1. The van der Waals surface area contributed by atoms with Crippen molar-refractivity contribution < 1.29 is 23.0 Å². The lowest BCUT2D eigenvalue weighted by atomic mass is 9.95. The number of hydrogen-bond acceptors (Lipinski definition) is 3. The topological polar surface area (TPSA) is 47.6 Å². The van der Waals surface area contributed by atoms with Crippen LogP contribution in [0.1, 0.15) is 40.0 Å². The molecule has 0 bridgehead atoms. The highest BCUT2D eigenvalue weighted by Gasteiger charge is 2.24. The summed E-state index contributed by atoms with van der Waals surface area (Å²) < 4.78 is 38.4. The summed E-state index contributed by atoms with van der Waals surface area (Å²) in [5, 5.41) is 2.45. The van der Waals surface area contributed by atoms with Crippen LogP contribution in [-0.2, 0) is 9.53 Å². The van der Waals surface area contributed by atoms with Crippen LogP contribution in [0.5, 0.6) is 5.75 Å². The third-order valence-corrected chi connectivity index (χ3v) is 3.35. The zero-order valence-electron chi connectivity index (χ0n) is 13.0. The summed E-state index contributed by atoms with van der Waals surface area (Å²) in [6.45, 7) is 5.67. The van der Waals surface area contributed by atoms with Gasteiger partial charge in [0.2, 0.25) is 5.91 Å². The van der Waals surface area contributed by atoms with Gasteiger partial charge in [-0.15, -0.1) is 0 Å². The van der Waals surface area contributed by atoms with Crippen molar-refractivity contribution in [1.29, 1.82) is 0 Å². The normalized spacial score (nSPS) is 18.9. The van der Waals surface area contributed by atoms with Crippen molar-refractivity contribution >= 4 is 11.6 Å². The Bertz CT molecular complexity index is 549. The van der Waals surface area contributed by atoms with Gasteiger partial charge in [-0.2, -0.15) is 0 Å². The van der Waals surface area contributed by atoms with Crippen LogP contribution >= 0.6 is 0 Å². The van der Waals surface area contributed by atoms with Crippen LogP contribution in [-0.4, -0.2) is 18.8 Å². The fourth-order valence-corrected chi connectivity index (χ4v) is 1.97. The summed E-state index contributed by atoms with van der Waals surface area (Å²) in [5.41, 5.74) is -0.791. The standard InChI is InChI=1S/C16H21F2NO3/c1-16(2,3)15(20)19-12-9-13(11(18)8-10(12)17)22-14-6-4-5-7-21-14/h8-9,14H,4-7H2,1-3H3,(H,19,20). The van der Waals surface area contributed by atoms with E-state index >= 15 is 0 Å². The zero-order chi connectivity index (χ0) is 16.3. The highest BCUT2D eigenvalue weighted by molar-refractivity contribution is 5.94. The first-order valence-electron chi connectivity index (χ1n) is 7.36. The molecular weight excluding hydrogens is 292 g/mol. The van der Waals surface area contributed by atoms with E-state index in [0.29, 0.717) is 19.1 Å². The van der Waals surface area contributed by atoms with Gasteiger partial charge in [-0.1, -0.05) is 20.8 Å². The Balaban J connectivity index is 2.17. The zero-order valence-corrected chi connectivity index (χ0v) is 13.0. The van der Waals surface area contributed by atoms with Gasteiger partial charge in [-0.05, 0) is 12.8 Å². The SMILES string of the molecule is CC(C)(C)C(=O)Nc1cc(OC2CCCCO2)c(F)cc1F. The first-order chi connectivity index (χ1) is 10.3. The van der Waals surface area contributed by atoms with Gasteiger partial charge in [0.25, 0.3) is 0 Å². The van der Waals surface area contributed by atoms with Gasteiger partial charge in [0.1, 0.15) is 5.82 Å². The molecule has 4 nitrogen and oxygen atoms in total. The number of rotatable bonds is 3. The van der Waals surface area contributed by atoms with Crippen molar-refractivity contribution in [3.8, 4) is 5.75 Å². The third kappa shape index (κ3) is 4.16. The Kier molecular flexibility index (Phi) is 5.01. The smallest absolute Gasteiger partial charge is 0.229 e. The molecule has 0 aromatic heterocycles. The van der Waals surface area contributed by atoms with Crippen LogP contribution in [0.2, 0.25) is 0 Å². The van der Waals surface area contributed by atoms with Crippen molar-refractivity contribution in [1.82, 2.24) is 0 Å². The number of halogens is 2. The first kappa shape index (κ1) is 16.7. The van der Waals surface area contributed by atoms with E-state index in [-0.39, 0.29) is 17.3 Å². The van der Waals surface area contributed by atoms with Gasteiger partial charge in [0.15, 0.2) is 17.9 Å². The third-order valence-electron chi connectivity index (χ3n) is 3.35. The van der Waals surface area contributed by atoms with E-state index in [9.17, 15) is 13.6 Å². The minimum atomic E-state index is -0.841. The Hall–Kier alpha value is -1.69. The molecule has 1 aromatic carbocycles. The maximum Gasteiger partial charge on any atom is 0.229 e. The molecule has 1 aromatic rings. The molecule has 0 saturated carbocycles. The maximum atomic E-state index is 13.8.